The average Bonchev–Trinajstić information content (AvgIpc) is 3.52. The Morgan fingerprint density at radius 2 is 0.672 bits per heavy atom. The smallest absolute Gasteiger partial charge is 0.399 e. The first-order chi connectivity index (χ1) is 32.4. The van der Waals surface area contributed by atoms with E-state index in [2.05, 4.69) is 267 Å². The number of aryl methyl sites for hydroxylation is 3. The van der Waals surface area contributed by atoms with Crippen LogP contribution in [0.5, 0.6) is 0 Å². The molecule has 0 unspecified atom stereocenters. The Balaban J connectivity index is 0.000000174. The monoisotopic (exact) mass is 870 g/mol. The van der Waals surface area contributed by atoms with Crippen molar-refractivity contribution in [3.8, 4) is 44.5 Å². The van der Waals surface area contributed by atoms with Crippen molar-refractivity contribution in [3.05, 3.63) is 269 Å². The van der Waals surface area contributed by atoms with E-state index in [0.29, 0.717) is 0 Å². The molecule has 9 aromatic rings. The number of benzene rings is 9. The summed E-state index contributed by atoms with van der Waals surface area (Å²) in [4.78, 5) is 0. The molecule has 9 aromatic carbocycles. The van der Waals surface area contributed by atoms with Crippen LogP contribution in [0.1, 0.15) is 66.6 Å². The summed E-state index contributed by atoms with van der Waals surface area (Å²) in [7, 11) is -0.441. The Bertz CT molecular complexity index is 2920. The van der Waals surface area contributed by atoms with Gasteiger partial charge in [0.25, 0.3) is 0 Å². The van der Waals surface area contributed by atoms with Crippen LogP contribution in [0.2, 0.25) is 0 Å². The third kappa shape index (κ3) is 9.11. The fourth-order valence-corrected chi connectivity index (χ4v) is 9.43. The summed E-state index contributed by atoms with van der Waals surface area (Å²) in [6, 6.07) is 82.7. The lowest BCUT2D eigenvalue weighted by Crippen LogP contribution is -2.41. The molecule has 0 aromatic heterocycles. The Morgan fingerprint density at radius 1 is 0.313 bits per heavy atom. The average molecular weight is 871 g/mol. The third-order valence-corrected chi connectivity index (χ3v) is 13.8. The van der Waals surface area contributed by atoms with E-state index in [4.69, 9.17) is 9.31 Å². The predicted molar refractivity (Wildman–Crippen MR) is 283 cm³/mol. The molecule has 0 amide bonds. The molecule has 0 atom stereocenters. The highest BCUT2D eigenvalue weighted by Gasteiger charge is 2.52. The SMILES string of the molecule is Cc1ccc(-c2ccccc2)cc1.Cc1ccc(-c2ccccc2)cc1.Cc1ccc(C2(c3cccc(B4OC(C)(C)C(C)(C)O4)c3)c3ccccc3-c3ccccc3-c3ccccc32)cc1. The summed E-state index contributed by atoms with van der Waals surface area (Å²) in [6.07, 6.45) is 0. The van der Waals surface area contributed by atoms with Crippen molar-refractivity contribution in [1.82, 2.24) is 0 Å². The van der Waals surface area contributed by atoms with Crippen LogP contribution in [-0.2, 0) is 14.7 Å². The van der Waals surface area contributed by atoms with Crippen molar-refractivity contribution in [2.24, 2.45) is 0 Å². The molecular weight excluding hydrogens is 812 g/mol. The number of rotatable bonds is 5. The normalized spacial score (nSPS) is 14.7. The van der Waals surface area contributed by atoms with Crippen molar-refractivity contribution in [2.75, 3.05) is 0 Å². The lowest BCUT2D eigenvalue weighted by molar-refractivity contribution is 0.00578. The van der Waals surface area contributed by atoms with Crippen LogP contribution in [0.3, 0.4) is 0 Å². The molecule has 1 fully saturated rings. The van der Waals surface area contributed by atoms with Gasteiger partial charge in [-0.25, -0.2) is 0 Å². The van der Waals surface area contributed by atoms with E-state index in [1.54, 1.807) is 0 Å². The van der Waals surface area contributed by atoms with Gasteiger partial charge in [0.15, 0.2) is 0 Å². The molecule has 1 aliphatic carbocycles. The van der Waals surface area contributed by atoms with E-state index in [1.807, 2.05) is 12.1 Å². The second-order valence-electron chi connectivity index (χ2n) is 18.9. The van der Waals surface area contributed by atoms with Crippen LogP contribution < -0.4 is 5.46 Å². The minimum atomic E-state index is -0.570. The molecular formula is C64H59BO2. The minimum Gasteiger partial charge on any atom is -0.399 e. The maximum atomic E-state index is 6.54. The zero-order valence-corrected chi connectivity index (χ0v) is 39.8. The molecule has 3 heteroatoms. The second kappa shape index (κ2) is 19.1. The molecule has 1 saturated heterocycles. The Morgan fingerprint density at radius 3 is 1.10 bits per heavy atom. The van der Waals surface area contributed by atoms with Crippen molar-refractivity contribution in [1.29, 1.82) is 0 Å². The van der Waals surface area contributed by atoms with E-state index >= 15 is 0 Å². The zero-order chi connectivity index (χ0) is 46.6. The second-order valence-corrected chi connectivity index (χ2v) is 18.9. The van der Waals surface area contributed by atoms with Gasteiger partial charge in [0.05, 0.1) is 16.6 Å². The van der Waals surface area contributed by atoms with Crippen molar-refractivity contribution in [3.63, 3.8) is 0 Å². The van der Waals surface area contributed by atoms with Gasteiger partial charge in [0, 0.05) is 0 Å². The first-order valence-corrected chi connectivity index (χ1v) is 23.5. The number of fused-ring (bicyclic) bond motifs is 5. The Kier molecular flexibility index (Phi) is 12.8. The predicted octanol–water partition coefficient (Wildman–Crippen LogP) is 15.6. The van der Waals surface area contributed by atoms with Crippen molar-refractivity contribution in [2.45, 2.75) is 65.1 Å². The maximum absolute atomic E-state index is 6.54. The highest BCUT2D eigenvalue weighted by molar-refractivity contribution is 6.62. The molecule has 67 heavy (non-hydrogen) atoms. The fourth-order valence-electron chi connectivity index (χ4n) is 9.43. The Hall–Kier alpha value is -7.04. The van der Waals surface area contributed by atoms with E-state index in [9.17, 15) is 0 Å². The van der Waals surface area contributed by atoms with Crippen LogP contribution in [-0.4, -0.2) is 18.3 Å². The van der Waals surface area contributed by atoms with Gasteiger partial charge < -0.3 is 9.31 Å². The summed E-state index contributed by atoms with van der Waals surface area (Å²) >= 11 is 0. The lowest BCUT2D eigenvalue weighted by atomic mass is 9.62. The molecule has 11 rings (SSSR count). The van der Waals surface area contributed by atoms with Crippen LogP contribution in [0.15, 0.2) is 231 Å². The number of hydrogen-bond donors (Lipinski definition) is 0. The van der Waals surface area contributed by atoms with E-state index in [1.165, 1.54) is 83.5 Å². The van der Waals surface area contributed by atoms with Gasteiger partial charge in [-0.05, 0) is 121 Å². The minimum absolute atomic E-state index is 0.411. The molecule has 330 valence electrons. The maximum Gasteiger partial charge on any atom is 0.494 e. The highest BCUT2D eigenvalue weighted by atomic mass is 16.7. The summed E-state index contributed by atoms with van der Waals surface area (Å²) in [5, 5.41) is 0. The van der Waals surface area contributed by atoms with Crippen molar-refractivity contribution < 1.29 is 9.31 Å². The van der Waals surface area contributed by atoms with Gasteiger partial charge >= 0.3 is 7.12 Å². The van der Waals surface area contributed by atoms with Crippen LogP contribution >= 0.6 is 0 Å². The Labute approximate surface area is 399 Å². The van der Waals surface area contributed by atoms with Gasteiger partial charge in [0.2, 0.25) is 0 Å². The topological polar surface area (TPSA) is 18.5 Å². The molecule has 0 spiro atoms. The van der Waals surface area contributed by atoms with Gasteiger partial charge in [-0.15, -0.1) is 0 Å². The quantitative estimate of drug-likeness (QED) is 0.160. The first kappa shape index (κ1) is 45.1. The van der Waals surface area contributed by atoms with E-state index < -0.39 is 23.7 Å². The van der Waals surface area contributed by atoms with Crippen LogP contribution in [0.25, 0.3) is 44.5 Å². The van der Waals surface area contributed by atoms with Gasteiger partial charge in [-0.1, -0.05) is 247 Å². The third-order valence-electron chi connectivity index (χ3n) is 13.8. The largest absolute Gasteiger partial charge is 0.494 e. The van der Waals surface area contributed by atoms with Crippen LogP contribution in [0, 0.1) is 20.8 Å². The van der Waals surface area contributed by atoms with E-state index in [0.717, 1.165) is 5.46 Å². The van der Waals surface area contributed by atoms with Gasteiger partial charge in [-0.3, -0.25) is 0 Å². The zero-order valence-electron chi connectivity index (χ0n) is 39.8. The van der Waals surface area contributed by atoms with E-state index in [-0.39, 0.29) is 0 Å². The lowest BCUT2D eigenvalue weighted by Gasteiger charge is -2.38. The van der Waals surface area contributed by atoms with Crippen LogP contribution in [0.4, 0.5) is 0 Å². The molecule has 0 N–H and O–H groups in total. The molecule has 0 radical (unpaired) electrons. The summed E-state index contributed by atoms with van der Waals surface area (Å²) in [5.41, 5.74) is 18.6. The molecule has 0 saturated carbocycles. The first-order valence-electron chi connectivity index (χ1n) is 23.5. The fraction of sp³-hybridized carbons (Fsp3) is 0.156. The molecule has 1 aliphatic heterocycles. The molecule has 2 aliphatic rings. The summed E-state index contributed by atoms with van der Waals surface area (Å²) < 4.78 is 13.1. The molecule has 2 nitrogen and oxygen atoms in total. The van der Waals surface area contributed by atoms with Gasteiger partial charge in [-0.2, -0.15) is 0 Å². The van der Waals surface area contributed by atoms with Gasteiger partial charge in [0.1, 0.15) is 0 Å². The number of hydrogen-bond acceptors (Lipinski definition) is 2. The summed E-state index contributed by atoms with van der Waals surface area (Å²) in [6.45, 7) is 14.8. The summed E-state index contributed by atoms with van der Waals surface area (Å²) in [5.74, 6) is 0. The standard InChI is InChI=1S/C38H35BO2.2C13H12/c1-26-21-23-27(24-22-26)38(28-13-12-14-29(25-28)39-40-36(2,3)37(4,5)41-39)34-19-10-8-17-32(34)30-15-6-7-16-31(30)33-18-9-11-20-35(33)38;2*1-11-7-9-13(10-8-11)12-5-3-2-4-6-12/h6-25H,1-5H3;2*2-10H,1H3. The molecule has 0 bridgehead atoms. The molecule has 1 heterocycles. The van der Waals surface area contributed by atoms with Crippen molar-refractivity contribution >= 4 is 12.6 Å². The highest BCUT2D eigenvalue weighted by Crippen LogP contribution is 2.54.